The molecular formula is C17H19ClN2O4S. The van der Waals surface area contributed by atoms with Crippen molar-refractivity contribution in [1.82, 2.24) is 9.62 Å². The summed E-state index contributed by atoms with van der Waals surface area (Å²) in [4.78, 5) is 12.0. The standard InChI is InChI=1S/C17H19ClN2O4S/c1-20(25(22,23)16-9-7-14(18)8-10-16)13-17(21)19-11-12-24-15-5-3-2-4-6-15/h2-10H,11-13H2,1H3,(H,19,21). The van der Waals surface area contributed by atoms with E-state index in [-0.39, 0.29) is 18.0 Å². The molecule has 0 fully saturated rings. The summed E-state index contributed by atoms with van der Waals surface area (Å²) >= 11 is 5.76. The van der Waals surface area contributed by atoms with E-state index in [1.54, 1.807) is 0 Å². The van der Waals surface area contributed by atoms with Crippen LogP contribution in [0, 0.1) is 0 Å². The third-order valence-electron chi connectivity index (χ3n) is 3.32. The van der Waals surface area contributed by atoms with Gasteiger partial charge in [0.15, 0.2) is 0 Å². The average molecular weight is 383 g/mol. The smallest absolute Gasteiger partial charge is 0.243 e. The maximum absolute atomic E-state index is 12.4. The molecule has 0 unspecified atom stereocenters. The van der Waals surface area contributed by atoms with Gasteiger partial charge >= 0.3 is 0 Å². The molecule has 134 valence electrons. The minimum absolute atomic E-state index is 0.0830. The fourth-order valence-corrected chi connectivity index (χ4v) is 3.26. The summed E-state index contributed by atoms with van der Waals surface area (Å²) in [5.41, 5.74) is 0. The Morgan fingerprint density at radius 2 is 1.76 bits per heavy atom. The fourth-order valence-electron chi connectivity index (χ4n) is 2.01. The topological polar surface area (TPSA) is 75.7 Å². The molecule has 0 aliphatic rings. The highest BCUT2D eigenvalue weighted by Gasteiger charge is 2.22. The Morgan fingerprint density at radius 3 is 2.40 bits per heavy atom. The van der Waals surface area contributed by atoms with Gasteiger partial charge in [0.2, 0.25) is 15.9 Å². The monoisotopic (exact) mass is 382 g/mol. The van der Waals surface area contributed by atoms with E-state index in [0.717, 1.165) is 4.31 Å². The molecule has 0 aromatic heterocycles. The number of ether oxygens (including phenoxy) is 1. The Balaban J connectivity index is 1.80. The van der Waals surface area contributed by atoms with Gasteiger partial charge in [-0.05, 0) is 36.4 Å². The van der Waals surface area contributed by atoms with Crippen LogP contribution in [0.25, 0.3) is 0 Å². The molecule has 0 aliphatic heterocycles. The third kappa shape index (κ3) is 5.74. The molecule has 0 atom stereocenters. The summed E-state index contributed by atoms with van der Waals surface area (Å²) in [7, 11) is -2.39. The van der Waals surface area contributed by atoms with E-state index in [1.807, 2.05) is 30.3 Å². The SMILES string of the molecule is CN(CC(=O)NCCOc1ccccc1)S(=O)(=O)c1ccc(Cl)cc1. The van der Waals surface area contributed by atoms with Gasteiger partial charge in [-0.1, -0.05) is 29.8 Å². The van der Waals surface area contributed by atoms with E-state index in [2.05, 4.69) is 5.32 Å². The van der Waals surface area contributed by atoms with Crippen LogP contribution in [0.15, 0.2) is 59.5 Å². The number of amides is 1. The van der Waals surface area contributed by atoms with Crippen molar-refractivity contribution in [2.45, 2.75) is 4.90 Å². The van der Waals surface area contributed by atoms with Crippen molar-refractivity contribution in [3.8, 4) is 5.75 Å². The number of benzene rings is 2. The molecule has 0 saturated carbocycles. The summed E-state index contributed by atoms with van der Waals surface area (Å²) < 4.78 is 31.2. The van der Waals surface area contributed by atoms with Crippen LogP contribution in [-0.4, -0.2) is 45.4 Å². The molecule has 0 spiro atoms. The predicted octanol–water partition coefficient (Wildman–Crippen LogP) is 2.16. The molecule has 2 aromatic rings. The second-order valence-corrected chi connectivity index (χ2v) is 7.71. The first kappa shape index (κ1) is 19.2. The summed E-state index contributed by atoms with van der Waals surface area (Å²) in [6, 6.07) is 15.0. The maximum Gasteiger partial charge on any atom is 0.243 e. The molecule has 0 radical (unpaired) electrons. The number of halogens is 1. The van der Waals surface area contributed by atoms with E-state index in [0.29, 0.717) is 17.4 Å². The lowest BCUT2D eigenvalue weighted by Crippen LogP contribution is -2.39. The lowest BCUT2D eigenvalue weighted by molar-refractivity contribution is -0.121. The number of likely N-dealkylation sites (N-methyl/N-ethyl adjacent to an activating group) is 1. The second-order valence-electron chi connectivity index (χ2n) is 5.23. The van der Waals surface area contributed by atoms with Crippen LogP contribution < -0.4 is 10.1 Å². The zero-order chi connectivity index (χ0) is 18.3. The predicted molar refractivity (Wildman–Crippen MR) is 96.2 cm³/mol. The Bertz CT molecular complexity index is 795. The molecule has 25 heavy (non-hydrogen) atoms. The number of carbonyl (C=O) groups excluding carboxylic acids is 1. The zero-order valence-electron chi connectivity index (χ0n) is 13.7. The molecule has 0 saturated heterocycles. The Labute approximate surface area is 152 Å². The number of para-hydroxylation sites is 1. The molecule has 1 N–H and O–H groups in total. The lowest BCUT2D eigenvalue weighted by atomic mass is 10.3. The van der Waals surface area contributed by atoms with E-state index in [1.165, 1.54) is 31.3 Å². The van der Waals surface area contributed by atoms with Gasteiger partial charge in [-0.2, -0.15) is 4.31 Å². The van der Waals surface area contributed by atoms with E-state index in [4.69, 9.17) is 16.3 Å². The van der Waals surface area contributed by atoms with Crippen molar-refractivity contribution in [3.63, 3.8) is 0 Å². The van der Waals surface area contributed by atoms with Crippen molar-refractivity contribution in [3.05, 3.63) is 59.6 Å². The van der Waals surface area contributed by atoms with E-state index in [9.17, 15) is 13.2 Å². The number of hydrogen-bond donors (Lipinski definition) is 1. The zero-order valence-corrected chi connectivity index (χ0v) is 15.3. The van der Waals surface area contributed by atoms with Gasteiger partial charge in [0.1, 0.15) is 12.4 Å². The number of sulfonamides is 1. The molecule has 2 aromatic carbocycles. The molecule has 0 bridgehead atoms. The van der Waals surface area contributed by atoms with Crippen LogP contribution in [0.1, 0.15) is 0 Å². The third-order valence-corrected chi connectivity index (χ3v) is 5.39. The van der Waals surface area contributed by atoms with E-state index < -0.39 is 15.9 Å². The van der Waals surface area contributed by atoms with Gasteiger partial charge in [0.25, 0.3) is 0 Å². The first-order valence-electron chi connectivity index (χ1n) is 7.56. The van der Waals surface area contributed by atoms with Crippen molar-refractivity contribution < 1.29 is 17.9 Å². The van der Waals surface area contributed by atoms with Gasteiger partial charge in [0.05, 0.1) is 18.0 Å². The second kappa shape index (κ2) is 8.84. The number of carbonyl (C=O) groups is 1. The van der Waals surface area contributed by atoms with Gasteiger partial charge < -0.3 is 10.1 Å². The van der Waals surface area contributed by atoms with Crippen LogP contribution in [0.2, 0.25) is 5.02 Å². The molecule has 1 amide bonds. The quantitative estimate of drug-likeness (QED) is 0.710. The first-order chi connectivity index (χ1) is 11.9. The molecule has 6 nitrogen and oxygen atoms in total. The van der Waals surface area contributed by atoms with Crippen molar-refractivity contribution in [1.29, 1.82) is 0 Å². The fraction of sp³-hybridized carbons (Fsp3) is 0.235. The van der Waals surface area contributed by atoms with Crippen LogP contribution >= 0.6 is 11.6 Å². The largest absolute Gasteiger partial charge is 0.492 e. The minimum Gasteiger partial charge on any atom is -0.492 e. The average Bonchev–Trinajstić information content (AvgIpc) is 2.60. The summed E-state index contributed by atoms with van der Waals surface area (Å²) in [5.74, 6) is 0.302. The minimum atomic E-state index is -3.74. The molecular weight excluding hydrogens is 364 g/mol. The summed E-state index contributed by atoms with van der Waals surface area (Å²) in [6.45, 7) is 0.294. The lowest BCUT2D eigenvalue weighted by Gasteiger charge is -2.17. The summed E-state index contributed by atoms with van der Waals surface area (Å²) in [6.07, 6.45) is 0. The van der Waals surface area contributed by atoms with Crippen LogP contribution in [0.5, 0.6) is 5.75 Å². The normalized spacial score (nSPS) is 11.3. The Morgan fingerprint density at radius 1 is 1.12 bits per heavy atom. The summed E-state index contributed by atoms with van der Waals surface area (Å²) in [5, 5.41) is 3.07. The van der Waals surface area contributed by atoms with Crippen LogP contribution in [0.4, 0.5) is 0 Å². The van der Waals surface area contributed by atoms with Crippen LogP contribution in [-0.2, 0) is 14.8 Å². The highest BCUT2D eigenvalue weighted by atomic mass is 35.5. The van der Waals surface area contributed by atoms with Crippen molar-refractivity contribution in [2.75, 3.05) is 26.7 Å². The number of nitrogens with one attached hydrogen (secondary N) is 1. The van der Waals surface area contributed by atoms with Gasteiger partial charge in [-0.3, -0.25) is 4.79 Å². The highest BCUT2D eigenvalue weighted by Crippen LogP contribution is 2.17. The van der Waals surface area contributed by atoms with E-state index >= 15 is 0 Å². The van der Waals surface area contributed by atoms with Gasteiger partial charge in [0, 0.05) is 12.1 Å². The molecule has 2 rings (SSSR count). The Kier molecular flexibility index (Phi) is 6.81. The first-order valence-corrected chi connectivity index (χ1v) is 9.38. The number of hydrogen-bond acceptors (Lipinski definition) is 4. The van der Waals surface area contributed by atoms with Crippen molar-refractivity contribution >= 4 is 27.5 Å². The van der Waals surface area contributed by atoms with Crippen LogP contribution in [0.3, 0.4) is 0 Å². The van der Waals surface area contributed by atoms with Crippen molar-refractivity contribution in [2.24, 2.45) is 0 Å². The van der Waals surface area contributed by atoms with Gasteiger partial charge in [-0.15, -0.1) is 0 Å². The Hall–Kier alpha value is -2.09. The van der Waals surface area contributed by atoms with Gasteiger partial charge in [-0.25, -0.2) is 8.42 Å². The number of nitrogens with zero attached hydrogens (tertiary/aromatic N) is 1. The molecule has 8 heteroatoms. The highest BCUT2D eigenvalue weighted by molar-refractivity contribution is 7.89. The maximum atomic E-state index is 12.4. The molecule has 0 aliphatic carbocycles. The number of rotatable bonds is 8. The molecule has 0 heterocycles.